The molecule has 20 heavy (non-hydrogen) atoms. The number of carbonyl (C=O) groups is 1. The highest BCUT2D eigenvalue weighted by molar-refractivity contribution is 5.76. The van der Waals surface area contributed by atoms with E-state index in [0.717, 1.165) is 13.2 Å². The minimum atomic E-state index is -4.69. The highest BCUT2D eigenvalue weighted by atomic mass is 19.4. The third-order valence-electron chi connectivity index (χ3n) is 2.55. The largest absolute Gasteiger partial charge is 0.468 e. The Morgan fingerprint density at radius 1 is 1.50 bits per heavy atom. The van der Waals surface area contributed by atoms with Crippen LogP contribution in [-0.2, 0) is 22.1 Å². The van der Waals surface area contributed by atoms with Gasteiger partial charge in [0, 0.05) is 18.1 Å². The summed E-state index contributed by atoms with van der Waals surface area (Å²) in [6.45, 7) is 0. The van der Waals surface area contributed by atoms with Crippen molar-refractivity contribution >= 4 is 11.7 Å². The van der Waals surface area contributed by atoms with Crippen LogP contribution < -0.4 is 5.73 Å². The number of hydrogen-bond donors (Lipinski definition) is 1. The minimum absolute atomic E-state index is 0.0686. The molecule has 1 aromatic carbocycles. The average Bonchev–Trinajstić information content (AvgIpc) is 2.36. The normalized spacial score (nSPS) is 12.8. The molecule has 0 saturated carbocycles. The van der Waals surface area contributed by atoms with Gasteiger partial charge in [-0.3, -0.25) is 14.9 Å². The molecule has 0 radical (unpaired) electrons. The van der Waals surface area contributed by atoms with E-state index in [-0.39, 0.29) is 12.0 Å². The summed E-state index contributed by atoms with van der Waals surface area (Å²) < 4.78 is 41.8. The lowest BCUT2D eigenvalue weighted by molar-refractivity contribution is -0.385. The SMILES string of the molecule is COC(=O)[C@H](N)Cc1ccc(C(F)(F)F)cc1[N+](=O)[O-]. The maximum absolute atomic E-state index is 12.5. The molecule has 1 aromatic rings. The fourth-order valence-corrected chi connectivity index (χ4v) is 1.55. The molecule has 1 rings (SSSR count). The summed E-state index contributed by atoms with van der Waals surface area (Å²) in [6, 6.07) is 0.866. The Balaban J connectivity index is 3.15. The summed E-state index contributed by atoms with van der Waals surface area (Å²) in [7, 11) is 1.09. The predicted molar refractivity (Wildman–Crippen MR) is 61.8 cm³/mol. The van der Waals surface area contributed by atoms with Crippen LogP contribution in [0, 0.1) is 10.1 Å². The number of rotatable bonds is 4. The van der Waals surface area contributed by atoms with Gasteiger partial charge < -0.3 is 10.5 Å². The molecule has 0 bridgehead atoms. The van der Waals surface area contributed by atoms with Gasteiger partial charge in [0.05, 0.1) is 17.6 Å². The van der Waals surface area contributed by atoms with E-state index < -0.39 is 34.4 Å². The Morgan fingerprint density at radius 3 is 2.55 bits per heavy atom. The zero-order valence-corrected chi connectivity index (χ0v) is 10.3. The van der Waals surface area contributed by atoms with Gasteiger partial charge in [-0.25, -0.2) is 0 Å². The third-order valence-corrected chi connectivity index (χ3v) is 2.55. The molecule has 1 atom stereocenters. The van der Waals surface area contributed by atoms with Gasteiger partial charge in [-0.2, -0.15) is 13.2 Å². The Hall–Kier alpha value is -2.16. The molecule has 9 heteroatoms. The Labute approximate surface area is 111 Å². The summed E-state index contributed by atoms with van der Waals surface area (Å²) >= 11 is 0. The molecule has 0 aliphatic heterocycles. The van der Waals surface area contributed by atoms with Crippen molar-refractivity contribution in [3.05, 3.63) is 39.4 Å². The molecule has 0 aromatic heterocycles. The maximum Gasteiger partial charge on any atom is 0.416 e. The summed E-state index contributed by atoms with van der Waals surface area (Å²) in [4.78, 5) is 21.0. The van der Waals surface area contributed by atoms with Crippen molar-refractivity contribution in [3.8, 4) is 0 Å². The van der Waals surface area contributed by atoms with E-state index in [1.54, 1.807) is 0 Å². The maximum atomic E-state index is 12.5. The first-order valence-electron chi connectivity index (χ1n) is 5.34. The van der Waals surface area contributed by atoms with Gasteiger partial charge in [-0.15, -0.1) is 0 Å². The van der Waals surface area contributed by atoms with Crippen molar-refractivity contribution in [2.45, 2.75) is 18.6 Å². The van der Waals surface area contributed by atoms with Gasteiger partial charge in [0.25, 0.3) is 5.69 Å². The molecule has 110 valence electrons. The van der Waals surface area contributed by atoms with Crippen LogP contribution in [0.25, 0.3) is 0 Å². The number of ether oxygens (including phenoxy) is 1. The predicted octanol–water partition coefficient (Wildman–Crippen LogP) is 1.66. The van der Waals surface area contributed by atoms with Crippen LogP contribution in [0.4, 0.5) is 18.9 Å². The van der Waals surface area contributed by atoms with Crippen LogP contribution in [0.5, 0.6) is 0 Å². The first-order valence-corrected chi connectivity index (χ1v) is 5.34. The fraction of sp³-hybridized carbons (Fsp3) is 0.364. The lowest BCUT2D eigenvalue weighted by atomic mass is 10.0. The Morgan fingerprint density at radius 2 is 2.10 bits per heavy atom. The zero-order chi connectivity index (χ0) is 15.5. The Bertz CT molecular complexity index is 531. The van der Waals surface area contributed by atoms with Gasteiger partial charge >= 0.3 is 12.1 Å². The van der Waals surface area contributed by atoms with E-state index in [9.17, 15) is 28.1 Å². The van der Waals surface area contributed by atoms with Crippen LogP contribution in [0.2, 0.25) is 0 Å². The Kier molecular flexibility index (Phi) is 4.66. The first-order chi connectivity index (χ1) is 9.16. The quantitative estimate of drug-likeness (QED) is 0.517. The van der Waals surface area contributed by atoms with Gasteiger partial charge in [0.2, 0.25) is 0 Å². The van der Waals surface area contributed by atoms with E-state index >= 15 is 0 Å². The van der Waals surface area contributed by atoms with Crippen molar-refractivity contribution in [1.29, 1.82) is 0 Å². The zero-order valence-electron chi connectivity index (χ0n) is 10.3. The molecule has 0 heterocycles. The highest BCUT2D eigenvalue weighted by Gasteiger charge is 2.33. The van der Waals surface area contributed by atoms with Crippen molar-refractivity contribution in [1.82, 2.24) is 0 Å². The number of hydrogen-bond acceptors (Lipinski definition) is 5. The van der Waals surface area contributed by atoms with Gasteiger partial charge in [-0.05, 0) is 6.07 Å². The standard InChI is InChI=1S/C11H11F3N2O4/c1-20-10(17)8(15)4-6-2-3-7(11(12,13)14)5-9(6)16(18)19/h2-3,5,8H,4,15H2,1H3/t8-/m1/s1. The molecule has 0 aliphatic rings. The van der Waals surface area contributed by atoms with Gasteiger partial charge in [0.15, 0.2) is 0 Å². The second kappa shape index (κ2) is 5.87. The van der Waals surface area contributed by atoms with Crippen LogP contribution in [-0.4, -0.2) is 24.0 Å². The van der Waals surface area contributed by atoms with Gasteiger partial charge in [0.1, 0.15) is 6.04 Å². The summed E-state index contributed by atoms with van der Waals surface area (Å²) in [5, 5.41) is 10.8. The van der Waals surface area contributed by atoms with E-state index in [1.807, 2.05) is 0 Å². The molecule has 0 aliphatic carbocycles. The number of nitro groups is 1. The number of alkyl halides is 3. The lowest BCUT2D eigenvalue weighted by Gasteiger charge is -2.11. The average molecular weight is 292 g/mol. The topological polar surface area (TPSA) is 95.5 Å². The molecule has 0 spiro atoms. The number of nitrogens with zero attached hydrogens (tertiary/aromatic N) is 1. The van der Waals surface area contributed by atoms with E-state index in [0.29, 0.717) is 12.1 Å². The van der Waals surface area contributed by atoms with Crippen molar-refractivity contribution in [3.63, 3.8) is 0 Å². The summed E-state index contributed by atoms with van der Waals surface area (Å²) in [5.74, 6) is -0.806. The number of benzene rings is 1. The molecule has 0 amide bonds. The fourth-order valence-electron chi connectivity index (χ4n) is 1.55. The molecular weight excluding hydrogens is 281 g/mol. The summed E-state index contributed by atoms with van der Waals surface area (Å²) in [6.07, 6.45) is -4.98. The van der Waals surface area contributed by atoms with E-state index in [4.69, 9.17) is 5.73 Å². The number of methoxy groups -OCH3 is 1. The van der Waals surface area contributed by atoms with E-state index in [2.05, 4.69) is 4.74 Å². The van der Waals surface area contributed by atoms with Gasteiger partial charge in [-0.1, -0.05) is 6.07 Å². The van der Waals surface area contributed by atoms with Crippen LogP contribution in [0.3, 0.4) is 0 Å². The van der Waals surface area contributed by atoms with Crippen LogP contribution >= 0.6 is 0 Å². The van der Waals surface area contributed by atoms with Crippen molar-refractivity contribution in [2.24, 2.45) is 5.73 Å². The third kappa shape index (κ3) is 3.67. The molecule has 0 saturated heterocycles. The smallest absolute Gasteiger partial charge is 0.416 e. The molecule has 0 fully saturated rings. The van der Waals surface area contributed by atoms with Crippen molar-refractivity contribution in [2.75, 3.05) is 7.11 Å². The molecular formula is C11H11F3N2O4. The molecule has 2 N–H and O–H groups in total. The number of nitrogens with two attached hydrogens (primary N) is 1. The monoisotopic (exact) mass is 292 g/mol. The highest BCUT2D eigenvalue weighted by Crippen LogP contribution is 2.33. The van der Waals surface area contributed by atoms with Crippen LogP contribution in [0.1, 0.15) is 11.1 Å². The summed E-state index contributed by atoms with van der Waals surface area (Å²) in [5.41, 5.74) is 3.49. The number of nitro benzene ring substituents is 1. The van der Waals surface area contributed by atoms with Crippen molar-refractivity contribution < 1.29 is 27.6 Å². The minimum Gasteiger partial charge on any atom is -0.468 e. The molecule has 6 nitrogen and oxygen atoms in total. The number of esters is 1. The number of carbonyl (C=O) groups excluding carboxylic acids is 1. The van der Waals surface area contributed by atoms with Crippen LogP contribution in [0.15, 0.2) is 18.2 Å². The second-order valence-corrected chi connectivity index (χ2v) is 3.93. The molecule has 0 unspecified atom stereocenters. The second-order valence-electron chi connectivity index (χ2n) is 3.93. The lowest BCUT2D eigenvalue weighted by Crippen LogP contribution is -2.33. The first kappa shape index (κ1) is 15.9. The number of halogens is 3. The van der Waals surface area contributed by atoms with E-state index in [1.165, 1.54) is 0 Å².